The Hall–Kier alpha value is -0.570. The van der Waals surface area contributed by atoms with Gasteiger partial charge in [0.25, 0.3) is 0 Å². The van der Waals surface area contributed by atoms with Crippen LogP contribution in [0.25, 0.3) is 0 Å². The zero-order valence-electron chi connectivity index (χ0n) is 7.00. The summed E-state index contributed by atoms with van der Waals surface area (Å²) in [5.74, 6) is 1.92. The summed E-state index contributed by atoms with van der Waals surface area (Å²) in [5, 5.41) is 2.71. The minimum Gasteiger partial charge on any atom is -0.359 e. The lowest BCUT2D eigenvalue weighted by atomic mass is 10.2. The molecule has 3 nitrogen and oxygen atoms in total. The molecule has 11 heavy (non-hydrogen) atoms. The molecule has 1 amide bonds. The third-order valence-electron chi connectivity index (χ3n) is 2.93. The number of hydrogen-bond donors (Lipinski definition) is 1. The molecule has 1 N–H and O–H groups in total. The van der Waals surface area contributed by atoms with Gasteiger partial charge in [-0.25, -0.2) is 0 Å². The topological polar surface area (TPSA) is 32.3 Å². The van der Waals surface area contributed by atoms with Crippen LogP contribution in [0, 0.1) is 17.8 Å². The Balaban J connectivity index is 1.92. The third-order valence-corrected chi connectivity index (χ3v) is 2.93. The summed E-state index contributed by atoms with van der Waals surface area (Å²) in [7, 11) is 3.84. The Morgan fingerprint density at radius 2 is 2.00 bits per heavy atom. The normalized spacial score (nSPS) is 41.8. The van der Waals surface area contributed by atoms with Crippen LogP contribution in [0.2, 0.25) is 0 Å². The first-order valence-electron chi connectivity index (χ1n) is 4.14. The first-order valence-corrected chi connectivity index (χ1v) is 4.14. The Morgan fingerprint density at radius 1 is 1.45 bits per heavy atom. The zero-order chi connectivity index (χ0) is 8.01. The van der Waals surface area contributed by atoms with Crippen LogP contribution in [0.5, 0.6) is 0 Å². The van der Waals surface area contributed by atoms with Gasteiger partial charge in [-0.3, -0.25) is 4.79 Å². The fourth-order valence-corrected chi connectivity index (χ4v) is 2.29. The molecule has 0 radical (unpaired) electrons. The maximum absolute atomic E-state index is 11.2. The lowest BCUT2D eigenvalue weighted by molar-refractivity contribution is -0.122. The minimum atomic E-state index is 0.244. The second-order valence-corrected chi connectivity index (χ2v) is 3.69. The van der Waals surface area contributed by atoms with Crippen LogP contribution in [0.15, 0.2) is 0 Å². The van der Waals surface area contributed by atoms with Crippen molar-refractivity contribution in [3.8, 4) is 0 Å². The van der Waals surface area contributed by atoms with E-state index in [1.165, 1.54) is 0 Å². The molecule has 0 aromatic heterocycles. The summed E-state index contributed by atoms with van der Waals surface area (Å²) in [4.78, 5) is 13.5. The van der Waals surface area contributed by atoms with Gasteiger partial charge in [0.1, 0.15) is 0 Å². The molecule has 2 unspecified atom stereocenters. The number of hydrogen-bond acceptors (Lipinski definition) is 2. The summed E-state index contributed by atoms with van der Waals surface area (Å²) in [6.07, 6.45) is 0. The van der Waals surface area contributed by atoms with Gasteiger partial charge in [0.15, 0.2) is 0 Å². The average Bonchev–Trinajstić information content (AvgIpc) is 2.48. The summed E-state index contributed by atoms with van der Waals surface area (Å²) >= 11 is 0. The summed E-state index contributed by atoms with van der Waals surface area (Å²) in [6.45, 7) is 2.23. The minimum absolute atomic E-state index is 0.244. The van der Waals surface area contributed by atoms with Gasteiger partial charge in [0.05, 0.1) is 0 Å². The molecule has 1 saturated heterocycles. The maximum atomic E-state index is 11.2. The van der Waals surface area contributed by atoms with Gasteiger partial charge in [-0.1, -0.05) is 0 Å². The molecule has 2 aliphatic rings. The van der Waals surface area contributed by atoms with E-state index >= 15 is 0 Å². The molecule has 1 heterocycles. The van der Waals surface area contributed by atoms with Gasteiger partial charge in [-0.05, 0) is 18.9 Å². The highest BCUT2D eigenvalue weighted by molar-refractivity contribution is 5.82. The number of nitrogens with one attached hydrogen (secondary N) is 1. The monoisotopic (exact) mass is 154 g/mol. The van der Waals surface area contributed by atoms with Crippen molar-refractivity contribution in [2.45, 2.75) is 0 Å². The van der Waals surface area contributed by atoms with Crippen molar-refractivity contribution in [3.05, 3.63) is 0 Å². The highest BCUT2D eigenvalue weighted by Crippen LogP contribution is 2.51. The Kier molecular flexibility index (Phi) is 1.42. The van der Waals surface area contributed by atoms with Gasteiger partial charge < -0.3 is 10.2 Å². The molecule has 1 aliphatic carbocycles. The lowest BCUT2D eigenvalue weighted by Crippen LogP contribution is -2.27. The van der Waals surface area contributed by atoms with E-state index in [0.29, 0.717) is 17.8 Å². The molecule has 62 valence electrons. The van der Waals surface area contributed by atoms with Crippen molar-refractivity contribution >= 4 is 5.91 Å². The van der Waals surface area contributed by atoms with Gasteiger partial charge >= 0.3 is 0 Å². The number of carbonyl (C=O) groups excluding carboxylic acids is 1. The Bertz CT molecular complexity index is 181. The smallest absolute Gasteiger partial charge is 0.223 e. The molecule has 2 rings (SSSR count). The molecule has 0 aromatic carbocycles. The molecule has 2 fully saturated rings. The van der Waals surface area contributed by atoms with E-state index in [4.69, 9.17) is 0 Å². The fourth-order valence-electron chi connectivity index (χ4n) is 2.29. The van der Waals surface area contributed by atoms with Crippen molar-refractivity contribution < 1.29 is 4.79 Å². The van der Waals surface area contributed by atoms with Crippen LogP contribution in [-0.4, -0.2) is 38.0 Å². The fraction of sp³-hybridized carbons (Fsp3) is 0.875. The zero-order valence-corrected chi connectivity index (χ0v) is 7.00. The number of rotatable bonds is 1. The first kappa shape index (κ1) is 7.10. The van der Waals surface area contributed by atoms with Gasteiger partial charge in [-0.15, -0.1) is 0 Å². The molecule has 1 aliphatic heterocycles. The van der Waals surface area contributed by atoms with E-state index < -0.39 is 0 Å². The van der Waals surface area contributed by atoms with Crippen LogP contribution >= 0.6 is 0 Å². The van der Waals surface area contributed by atoms with E-state index in [2.05, 4.69) is 17.3 Å². The van der Waals surface area contributed by atoms with Crippen LogP contribution in [0.3, 0.4) is 0 Å². The van der Waals surface area contributed by atoms with Crippen molar-refractivity contribution in [1.29, 1.82) is 0 Å². The second-order valence-electron chi connectivity index (χ2n) is 3.69. The standard InChI is InChI=1S/C8H14N2O/c1-9-8(11)7-5-3-10(2)4-6(5)7/h5-7H,3-4H2,1-2H3,(H,9,11). The molecule has 2 atom stereocenters. The van der Waals surface area contributed by atoms with E-state index in [0.717, 1.165) is 13.1 Å². The number of amides is 1. The van der Waals surface area contributed by atoms with Crippen molar-refractivity contribution in [2.24, 2.45) is 17.8 Å². The molecule has 0 aromatic rings. The van der Waals surface area contributed by atoms with Crippen molar-refractivity contribution in [3.63, 3.8) is 0 Å². The SMILES string of the molecule is CNC(=O)C1C2CN(C)CC21. The molecule has 0 spiro atoms. The molecule has 3 heteroatoms. The predicted octanol–water partition coefficient (Wildman–Crippen LogP) is -0.460. The summed E-state index contributed by atoms with van der Waals surface area (Å²) in [5.41, 5.74) is 0. The number of piperidine rings is 1. The first-order chi connectivity index (χ1) is 5.24. The third kappa shape index (κ3) is 0.948. The Labute approximate surface area is 66.8 Å². The van der Waals surface area contributed by atoms with Gasteiger partial charge in [0.2, 0.25) is 5.91 Å². The van der Waals surface area contributed by atoms with E-state index in [1.54, 1.807) is 7.05 Å². The molecule has 1 saturated carbocycles. The van der Waals surface area contributed by atoms with Crippen LogP contribution in [-0.2, 0) is 4.79 Å². The van der Waals surface area contributed by atoms with Gasteiger partial charge in [-0.2, -0.15) is 0 Å². The van der Waals surface area contributed by atoms with Gasteiger partial charge in [0, 0.05) is 26.1 Å². The van der Waals surface area contributed by atoms with E-state index in [1.807, 2.05) is 0 Å². The second kappa shape index (κ2) is 2.21. The van der Waals surface area contributed by atoms with Crippen LogP contribution in [0.4, 0.5) is 0 Å². The van der Waals surface area contributed by atoms with Crippen molar-refractivity contribution in [2.75, 3.05) is 27.2 Å². The number of fused-ring (bicyclic) bond motifs is 1. The molecule has 0 bridgehead atoms. The maximum Gasteiger partial charge on any atom is 0.223 e. The van der Waals surface area contributed by atoms with E-state index in [9.17, 15) is 4.79 Å². The highest BCUT2D eigenvalue weighted by Gasteiger charge is 2.58. The summed E-state index contributed by atoms with van der Waals surface area (Å²) < 4.78 is 0. The molecular formula is C8H14N2O. The molecular weight excluding hydrogens is 140 g/mol. The number of nitrogens with zero attached hydrogens (tertiary/aromatic N) is 1. The van der Waals surface area contributed by atoms with E-state index in [-0.39, 0.29) is 5.91 Å². The largest absolute Gasteiger partial charge is 0.359 e. The lowest BCUT2D eigenvalue weighted by Gasteiger charge is -2.11. The average molecular weight is 154 g/mol. The predicted molar refractivity (Wildman–Crippen MR) is 42.0 cm³/mol. The number of likely N-dealkylation sites (tertiary alicyclic amines) is 1. The van der Waals surface area contributed by atoms with Crippen LogP contribution < -0.4 is 5.32 Å². The number of carbonyl (C=O) groups is 1. The quantitative estimate of drug-likeness (QED) is 0.554. The Morgan fingerprint density at radius 3 is 2.45 bits per heavy atom. The highest BCUT2D eigenvalue weighted by atomic mass is 16.2. The van der Waals surface area contributed by atoms with Crippen molar-refractivity contribution in [1.82, 2.24) is 10.2 Å². The van der Waals surface area contributed by atoms with Crippen LogP contribution in [0.1, 0.15) is 0 Å². The summed E-state index contributed by atoms with van der Waals surface area (Å²) in [6, 6.07) is 0.